The second-order valence-corrected chi connectivity index (χ2v) is 5.67. The number of hydrogen-bond acceptors (Lipinski definition) is 6. The molecule has 138 valence electrons. The highest BCUT2D eigenvalue weighted by Gasteiger charge is 2.38. The van der Waals surface area contributed by atoms with Crippen molar-refractivity contribution < 1.29 is 32.4 Å². The van der Waals surface area contributed by atoms with E-state index < -0.39 is 24.1 Å². The summed E-state index contributed by atoms with van der Waals surface area (Å²) in [6.45, 7) is 0.431. The zero-order chi connectivity index (χ0) is 18.9. The van der Waals surface area contributed by atoms with Crippen LogP contribution in [0.15, 0.2) is 28.8 Å². The van der Waals surface area contributed by atoms with Gasteiger partial charge in [-0.2, -0.15) is 18.2 Å². The van der Waals surface area contributed by atoms with Crippen molar-refractivity contribution in [2.75, 3.05) is 13.1 Å². The summed E-state index contributed by atoms with van der Waals surface area (Å²) in [5.41, 5.74) is 0.519. The van der Waals surface area contributed by atoms with Crippen molar-refractivity contribution in [1.29, 1.82) is 0 Å². The Morgan fingerprint density at radius 3 is 2.50 bits per heavy atom. The van der Waals surface area contributed by atoms with Crippen molar-refractivity contribution in [2.45, 2.75) is 18.6 Å². The standard InChI is InChI=1S/C15H13F3N4O4/c16-15(17,18)13-20-11(21-26-13)8-1-3-9(4-2-8)12(23)19-10-5-6-22(7-10)14(24)25/h1-4,10H,5-7H2,(H,19,23)(H,24,25)/p-1. The summed E-state index contributed by atoms with van der Waals surface area (Å²) in [5, 5.41) is 16.7. The smallest absolute Gasteiger partial charge is 0.471 e. The number of likely N-dealkylation sites (tertiary alicyclic amines) is 1. The number of carbonyl (C=O) groups excluding carboxylic acids is 2. The molecular formula is C15H12F3N4O4-. The number of aromatic nitrogens is 2. The number of halogens is 3. The number of rotatable bonds is 3. The SMILES string of the molecule is O=C(NC1CCN(C(=O)[O-])C1)c1ccc(-c2noc(C(F)(F)F)n2)cc1. The van der Waals surface area contributed by atoms with Gasteiger partial charge in [0, 0.05) is 30.3 Å². The van der Waals surface area contributed by atoms with Crippen LogP contribution in [-0.4, -0.2) is 46.2 Å². The summed E-state index contributed by atoms with van der Waals surface area (Å²) in [7, 11) is 0. The molecule has 0 spiro atoms. The van der Waals surface area contributed by atoms with Gasteiger partial charge in [-0.1, -0.05) is 17.3 Å². The van der Waals surface area contributed by atoms with Crippen LogP contribution in [0.2, 0.25) is 0 Å². The summed E-state index contributed by atoms with van der Waals surface area (Å²) in [5.74, 6) is -2.12. The molecule has 1 aliphatic heterocycles. The molecule has 3 rings (SSSR count). The minimum atomic E-state index is -4.73. The first-order valence-corrected chi connectivity index (χ1v) is 7.52. The summed E-state index contributed by atoms with van der Waals surface area (Å²) >= 11 is 0. The van der Waals surface area contributed by atoms with Crippen LogP contribution >= 0.6 is 0 Å². The lowest BCUT2D eigenvalue weighted by Crippen LogP contribution is -2.43. The van der Waals surface area contributed by atoms with E-state index in [0.29, 0.717) is 6.42 Å². The first-order chi connectivity index (χ1) is 12.2. The number of hydrogen-bond donors (Lipinski definition) is 1. The largest absolute Gasteiger partial charge is 0.530 e. The number of nitrogens with zero attached hydrogens (tertiary/aromatic N) is 3. The second-order valence-electron chi connectivity index (χ2n) is 5.67. The van der Waals surface area contributed by atoms with Crippen LogP contribution in [0.25, 0.3) is 11.4 Å². The van der Waals surface area contributed by atoms with Crippen LogP contribution in [0.1, 0.15) is 22.7 Å². The quantitative estimate of drug-likeness (QED) is 0.861. The van der Waals surface area contributed by atoms with Crippen LogP contribution in [0.4, 0.5) is 18.0 Å². The molecule has 0 radical (unpaired) electrons. The van der Waals surface area contributed by atoms with Crippen LogP contribution < -0.4 is 10.4 Å². The molecule has 1 aliphatic rings. The van der Waals surface area contributed by atoms with E-state index in [9.17, 15) is 27.9 Å². The van der Waals surface area contributed by atoms with Gasteiger partial charge in [0.15, 0.2) is 0 Å². The number of carboxylic acid groups (broad SMARTS) is 1. The van der Waals surface area contributed by atoms with Crippen LogP contribution in [0.5, 0.6) is 0 Å². The summed E-state index contributed by atoms with van der Waals surface area (Å²) < 4.78 is 41.6. The van der Waals surface area contributed by atoms with Crippen molar-refractivity contribution in [1.82, 2.24) is 20.4 Å². The van der Waals surface area contributed by atoms with Crippen molar-refractivity contribution >= 4 is 12.0 Å². The zero-order valence-electron chi connectivity index (χ0n) is 13.1. The molecule has 11 heteroatoms. The molecule has 2 aromatic rings. The van der Waals surface area contributed by atoms with Crippen molar-refractivity contribution in [3.8, 4) is 11.4 Å². The third kappa shape index (κ3) is 3.76. The third-order valence-corrected chi connectivity index (χ3v) is 3.86. The average molecular weight is 369 g/mol. The van der Waals surface area contributed by atoms with Gasteiger partial charge in [-0.25, -0.2) is 0 Å². The molecule has 0 bridgehead atoms. The molecule has 1 aromatic carbocycles. The van der Waals surface area contributed by atoms with E-state index in [-0.39, 0.29) is 36.1 Å². The summed E-state index contributed by atoms with van der Waals surface area (Å²) in [6.07, 6.45) is -5.54. The van der Waals surface area contributed by atoms with E-state index in [1.54, 1.807) is 0 Å². The van der Waals surface area contributed by atoms with Gasteiger partial charge in [0.25, 0.3) is 5.91 Å². The molecule has 0 aliphatic carbocycles. The van der Waals surface area contributed by atoms with Gasteiger partial charge < -0.3 is 24.6 Å². The van der Waals surface area contributed by atoms with Crippen molar-refractivity contribution in [3.63, 3.8) is 0 Å². The maximum absolute atomic E-state index is 12.5. The highest BCUT2D eigenvalue weighted by Crippen LogP contribution is 2.29. The highest BCUT2D eigenvalue weighted by atomic mass is 19.4. The molecular weight excluding hydrogens is 357 g/mol. The predicted molar refractivity (Wildman–Crippen MR) is 77.6 cm³/mol. The minimum Gasteiger partial charge on any atom is -0.530 e. The van der Waals surface area contributed by atoms with Gasteiger partial charge in [-0.15, -0.1) is 0 Å². The van der Waals surface area contributed by atoms with E-state index in [1.807, 2.05) is 0 Å². The van der Waals surface area contributed by atoms with Gasteiger partial charge in [0.1, 0.15) is 6.09 Å². The van der Waals surface area contributed by atoms with Crippen LogP contribution in [-0.2, 0) is 6.18 Å². The maximum Gasteiger partial charge on any atom is 0.471 e. The fraction of sp³-hybridized carbons (Fsp3) is 0.333. The molecule has 2 amide bonds. The summed E-state index contributed by atoms with van der Waals surface area (Å²) in [4.78, 5) is 27.3. The maximum atomic E-state index is 12.5. The van der Waals surface area contributed by atoms with Gasteiger partial charge in [0.05, 0.1) is 0 Å². The van der Waals surface area contributed by atoms with Gasteiger partial charge in [0.2, 0.25) is 5.82 Å². The number of amides is 2. The Morgan fingerprint density at radius 2 is 1.96 bits per heavy atom. The highest BCUT2D eigenvalue weighted by molar-refractivity contribution is 5.94. The van der Waals surface area contributed by atoms with Gasteiger partial charge >= 0.3 is 12.1 Å². The number of carbonyl (C=O) groups is 2. The van der Waals surface area contributed by atoms with Crippen LogP contribution in [0.3, 0.4) is 0 Å². The molecule has 26 heavy (non-hydrogen) atoms. The predicted octanol–water partition coefficient (Wildman–Crippen LogP) is 0.903. The van der Waals surface area contributed by atoms with Crippen molar-refractivity contribution in [3.05, 3.63) is 35.7 Å². The Morgan fingerprint density at radius 1 is 1.27 bits per heavy atom. The van der Waals surface area contributed by atoms with Gasteiger partial charge in [-0.05, 0) is 18.6 Å². The lowest BCUT2D eigenvalue weighted by atomic mass is 10.1. The van der Waals surface area contributed by atoms with E-state index >= 15 is 0 Å². The Labute approximate surface area is 144 Å². The van der Waals surface area contributed by atoms with E-state index in [2.05, 4.69) is 20.0 Å². The first-order valence-electron chi connectivity index (χ1n) is 7.52. The number of alkyl halides is 3. The average Bonchev–Trinajstić information content (AvgIpc) is 3.24. The van der Waals surface area contributed by atoms with E-state index in [0.717, 1.165) is 4.90 Å². The second kappa shape index (κ2) is 6.65. The van der Waals surface area contributed by atoms with Gasteiger partial charge in [-0.3, -0.25) is 4.79 Å². The molecule has 1 atom stereocenters. The Balaban J connectivity index is 1.65. The molecule has 1 N–H and O–H groups in total. The molecule has 8 nitrogen and oxygen atoms in total. The molecule has 1 saturated heterocycles. The normalized spacial score (nSPS) is 17.3. The monoisotopic (exact) mass is 369 g/mol. The molecule has 0 saturated carbocycles. The topological polar surface area (TPSA) is 111 Å². The fourth-order valence-corrected chi connectivity index (χ4v) is 2.54. The molecule has 2 heterocycles. The zero-order valence-corrected chi connectivity index (χ0v) is 13.1. The Hall–Kier alpha value is -3.11. The van der Waals surface area contributed by atoms with Crippen molar-refractivity contribution in [2.24, 2.45) is 0 Å². The number of nitrogens with one attached hydrogen (secondary N) is 1. The molecule has 1 fully saturated rings. The van der Waals surface area contributed by atoms with E-state index in [4.69, 9.17) is 0 Å². The third-order valence-electron chi connectivity index (χ3n) is 3.86. The minimum absolute atomic E-state index is 0.148. The lowest BCUT2D eigenvalue weighted by Gasteiger charge is -2.18. The van der Waals surface area contributed by atoms with Crippen LogP contribution in [0, 0.1) is 0 Å². The molecule has 1 unspecified atom stereocenters. The molecule has 1 aromatic heterocycles. The first kappa shape index (κ1) is 17.7. The summed E-state index contributed by atoms with van der Waals surface area (Å²) in [6, 6.07) is 5.26. The Kier molecular flexibility index (Phi) is 4.53. The Bertz CT molecular complexity index is 819. The van der Waals surface area contributed by atoms with E-state index in [1.165, 1.54) is 24.3 Å². The number of benzene rings is 1. The lowest BCUT2D eigenvalue weighted by molar-refractivity contribution is -0.264. The fourth-order valence-electron chi connectivity index (χ4n) is 2.54.